The second-order valence-corrected chi connectivity index (χ2v) is 8.29. The summed E-state index contributed by atoms with van der Waals surface area (Å²) < 4.78 is 10.8. The van der Waals surface area contributed by atoms with E-state index in [-0.39, 0.29) is 0 Å². The zero-order valence-electron chi connectivity index (χ0n) is 16.6. The fourth-order valence-electron chi connectivity index (χ4n) is 4.81. The van der Waals surface area contributed by atoms with E-state index in [4.69, 9.17) is 4.74 Å². The maximum Gasteiger partial charge on any atom is 0.129 e. The van der Waals surface area contributed by atoms with Gasteiger partial charge in [-0.05, 0) is 43.9 Å². The van der Waals surface area contributed by atoms with E-state index in [1.54, 1.807) is 0 Å². The van der Waals surface area contributed by atoms with Gasteiger partial charge in [0.25, 0.3) is 0 Å². The Morgan fingerprint density at radius 2 is 1.89 bits per heavy atom. The summed E-state index contributed by atoms with van der Waals surface area (Å²) in [5.41, 5.74) is 2.49. The summed E-state index contributed by atoms with van der Waals surface area (Å²) in [6.45, 7) is 3.01. The molecule has 6 nitrogen and oxygen atoms in total. The van der Waals surface area contributed by atoms with Crippen molar-refractivity contribution >= 4 is 10.9 Å². The molecular weight excluding hydrogens is 350 g/mol. The zero-order valence-corrected chi connectivity index (χ0v) is 16.6. The van der Waals surface area contributed by atoms with Crippen LogP contribution in [0.25, 0.3) is 10.9 Å². The third kappa shape index (κ3) is 3.41. The summed E-state index contributed by atoms with van der Waals surface area (Å²) in [4.78, 5) is 2.47. The van der Waals surface area contributed by atoms with Crippen molar-refractivity contribution in [3.8, 4) is 5.75 Å². The van der Waals surface area contributed by atoms with Crippen molar-refractivity contribution in [1.82, 2.24) is 24.5 Å². The predicted molar refractivity (Wildman–Crippen MR) is 109 cm³/mol. The van der Waals surface area contributed by atoms with E-state index < -0.39 is 0 Å². The summed E-state index contributed by atoms with van der Waals surface area (Å²) in [5.74, 6) is 1.04. The minimum absolute atomic E-state index is 0.293. The third-order valence-corrected chi connectivity index (χ3v) is 6.46. The normalized spacial score (nSPS) is 19.6. The Hall–Kier alpha value is -2.34. The molecule has 0 bridgehead atoms. The molecule has 2 fully saturated rings. The van der Waals surface area contributed by atoms with Crippen molar-refractivity contribution in [3.05, 3.63) is 42.4 Å². The number of rotatable bonds is 5. The Bertz CT molecular complexity index is 931. The molecule has 28 heavy (non-hydrogen) atoms. The lowest BCUT2D eigenvalue weighted by Crippen LogP contribution is -2.38. The van der Waals surface area contributed by atoms with Gasteiger partial charge in [0.15, 0.2) is 0 Å². The van der Waals surface area contributed by atoms with Crippen molar-refractivity contribution in [2.24, 2.45) is 7.05 Å². The smallest absolute Gasteiger partial charge is 0.129 e. The Morgan fingerprint density at radius 3 is 2.64 bits per heavy atom. The molecule has 3 heterocycles. The largest absolute Gasteiger partial charge is 0.490 e. The quantitative estimate of drug-likeness (QED) is 0.674. The van der Waals surface area contributed by atoms with Gasteiger partial charge in [0.1, 0.15) is 11.9 Å². The van der Waals surface area contributed by atoms with Gasteiger partial charge in [0, 0.05) is 44.3 Å². The fourth-order valence-corrected chi connectivity index (χ4v) is 4.81. The average Bonchev–Trinajstić information content (AvgIpc) is 3.45. The summed E-state index contributed by atoms with van der Waals surface area (Å²) in [6, 6.07) is 9.43. The molecule has 0 unspecified atom stereocenters. The van der Waals surface area contributed by atoms with Crippen LogP contribution in [0.2, 0.25) is 0 Å². The molecular formula is C22H29N5O. The molecule has 2 aromatic heterocycles. The Balaban J connectivity index is 1.24. The number of aromatic nitrogens is 4. The SMILES string of the molecule is Cn1nncc1CN1CCC(Oc2cccc3c2ccn3C2CCCC2)CC1. The molecule has 0 N–H and O–H groups in total. The van der Waals surface area contributed by atoms with Crippen LogP contribution in [0.4, 0.5) is 0 Å². The van der Waals surface area contributed by atoms with Gasteiger partial charge in [-0.3, -0.25) is 9.58 Å². The van der Waals surface area contributed by atoms with Gasteiger partial charge in [-0.1, -0.05) is 24.1 Å². The van der Waals surface area contributed by atoms with E-state index in [0.717, 1.165) is 43.9 Å². The predicted octanol–water partition coefficient (Wildman–Crippen LogP) is 3.93. The van der Waals surface area contributed by atoms with Crippen LogP contribution in [-0.2, 0) is 13.6 Å². The van der Waals surface area contributed by atoms with E-state index in [2.05, 4.69) is 50.2 Å². The molecule has 2 aliphatic rings. The molecule has 0 spiro atoms. The number of ether oxygens (including phenoxy) is 1. The highest BCUT2D eigenvalue weighted by Crippen LogP contribution is 2.36. The van der Waals surface area contributed by atoms with E-state index in [1.165, 1.54) is 36.6 Å². The van der Waals surface area contributed by atoms with Crippen LogP contribution < -0.4 is 4.74 Å². The van der Waals surface area contributed by atoms with E-state index >= 15 is 0 Å². The van der Waals surface area contributed by atoms with Crippen LogP contribution in [-0.4, -0.2) is 43.7 Å². The van der Waals surface area contributed by atoms with Crippen molar-refractivity contribution in [1.29, 1.82) is 0 Å². The van der Waals surface area contributed by atoms with E-state index in [1.807, 2.05) is 17.9 Å². The van der Waals surface area contributed by atoms with Crippen molar-refractivity contribution < 1.29 is 4.74 Å². The molecule has 1 aliphatic heterocycles. The summed E-state index contributed by atoms with van der Waals surface area (Å²) in [5, 5.41) is 9.26. The molecule has 0 atom stereocenters. The van der Waals surface area contributed by atoms with Crippen molar-refractivity contribution in [2.75, 3.05) is 13.1 Å². The summed E-state index contributed by atoms with van der Waals surface area (Å²) in [6.07, 6.45) is 11.9. The van der Waals surface area contributed by atoms with Gasteiger partial charge in [-0.15, -0.1) is 5.10 Å². The molecule has 1 aliphatic carbocycles. The highest BCUT2D eigenvalue weighted by Gasteiger charge is 2.23. The number of nitrogens with zero attached hydrogens (tertiary/aromatic N) is 5. The van der Waals surface area contributed by atoms with E-state index in [9.17, 15) is 0 Å². The molecule has 6 heteroatoms. The highest BCUT2D eigenvalue weighted by molar-refractivity contribution is 5.86. The molecule has 1 saturated carbocycles. The van der Waals surface area contributed by atoms with Gasteiger partial charge in [-0.2, -0.15) is 0 Å². The number of likely N-dealkylation sites (tertiary alicyclic amines) is 1. The van der Waals surface area contributed by atoms with Crippen LogP contribution in [0, 0.1) is 0 Å². The number of piperidine rings is 1. The van der Waals surface area contributed by atoms with Crippen molar-refractivity contribution in [2.45, 2.75) is 57.2 Å². The number of hydrogen-bond donors (Lipinski definition) is 0. The molecule has 0 amide bonds. The molecule has 0 radical (unpaired) electrons. The minimum atomic E-state index is 0.293. The number of benzene rings is 1. The third-order valence-electron chi connectivity index (χ3n) is 6.46. The lowest BCUT2D eigenvalue weighted by Gasteiger charge is -2.32. The Labute approximate surface area is 166 Å². The van der Waals surface area contributed by atoms with Gasteiger partial charge < -0.3 is 9.30 Å². The second kappa shape index (κ2) is 7.59. The van der Waals surface area contributed by atoms with Gasteiger partial charge in [0.05, 0.1) is 17.4 Å². The maximum atomic E-state index is 6.48. The van der Waals surface area contributed by atoms with Gasteiger partial charge in [-0.25, -0.2) is 0 Å². The number of aryl methyl sites for hydroxylation is 1. The first-order chi connectivity index (χ1) is 13.8. The average molecular weight is 380 g/mol. The highest BCUT2D eigenvalue weighted by atomic mass is 16.5. The Morgan fingerprint density at radius 1 is 1.07 bits per heavy atom. The van der Waals surface area contributed by atoms with Crippen LogP contribution in [0.5, 0.6) is 5.75 Å². The maximum absolute atomic E-state index is 6.48. The molecule has 5 rings (SSSR count). The number of fused-ring (bicyclic) bond motifs is 1. The minimum Gasteiger partial charge on any atom is -0.490 e. The molecule has 1 saturated heterocycles. The summed E-state index contributed by atoms with van der Waals surface area (Å²) in [7, 11) is 1.95. The van der Waals surface area contributed by atoms with Crippen LogP contribution in [0.15, 0.2) is 36.7 Å². The lowest BCUT2D eigenvalue weighted by atomic mass is 10.1. The van der Waals surface area contributed by atoms with E-state index in [0.29, 0.717) is 12.1 Å². The van der Waals surface area contributed by atoms with Crippen LogP contribution in [0.1, 0.15) is 50.3 Å². The van der Waals surface area contributed by atoms with Crippen LogP contribution in [0.3, 0.4) is 0 Å². The topological polar surface area (TPSA) is 48.1 Å². The Kier molecular flexibility index (Phi) is 4.81. The van der Waals surface area contributed by atoms with Crippen molar-refractivity contribution in [3.63, 3.8) is 0 Å². The van der Waals surface area contributed by atoms with Crippen LogP contribution >= 0.6 is 0 Å². The van der Waals surface area contributed by atoms with Gasteiger partial charge in [0.2, 0.25) is 0 Å². The summed E-state index contributed by atoms with van der Waals surface area (Å²) >= 11 is 0. The second-order valence-electron chi connectivity index (χ2n) is 8.29. The molecule has 1 aromatic carbocycles. The first-order valence-electron chi connectivity index (χ1n) is 10.6. The number of hydrogen-bond acceptors (Lipinski definition) is 4. The molecule has 3 aromatic rings. The standard InChI is InChI=1S/C22H29N5O/c1-25-18(15-23-24-25)16-26-12-9-19(10-13-26)28-22-8-4-7-21-20(22)11-14-27(21)17-5-2-3-6-17/h4,7-8,11,14-15,17,19H,2-3,5-6,9-10,12-13,16H2,1H3. The molecule has 148 valence electrons. The first kappa shape index (κ1) is 17.7. The monoisotopic (exact) mass is 379 g/mol. The lowest BCUT2D eigenvalue weighted by molar-refractivity contribution is 0.0966. The first-order valence-corrected chi connectivity index (χ1v) is 10.6. The van der Waals surface area contributed by atoms with Gasteiger partial charge >= 0.3 is 0 Å². The zero-order chi connectivity index (χ0) is 18.9. The fraction of sp³-hybridized carbons (Fsp3) is 0.545.